The summed E-state index contributed by atoms with van der Waals surface area (Å²) in [6, 6.07) is 0.606. The van der Waals surface area contributed by atoms with Gasteiger partial charge in [0.2, 0.25) is 0 Å². The lowest BCUT2D eigenvalue weighted by Crippen LogP contribution is -2.57. The van der Waals surface area contributed by atoms with E-state index in [0.717, 1.165) is 19.1 Å². The third-order valence-electron chi connectivity index (χ3n) is 4.99. The Morgan fingerprint density at radius 1 is 1.06 bits per heavy atom. The number of nitrogens with one attached hydrogen (secondary N) is 1. The molecule has 0 heterocycles. The lowest BCUT2D eigenvalue weighted by atomic mass is 9.70. The molecule has 2 nitrogen and oxygen atoms in total. The van der Waals surface area contributed by atoms with Crippen molar-refractivity contribution in [2.24, 2.45) is 5.92 Å². The van der Waals surface area contributed by atoms with Gasteiger partial charge in [-0.1, -0.05) is 39.0 Å². The molecule has 0 amide bonds. The van der Waals surface area contributed by atoms with Crippen LogP contribution in [0.3, 0.4) is 0 Å². The Labute approximate surface area is 113 Å². The molecule has 1 N–H and O–H groups in total. The highest BCUT2D eigenvalue weighted by Gasteiger charge is 2.44. The van der Waals surface area contributed by atoms with Crippen LogP contribution in [0.2, 0.25) is 0 Å². The molecule has 0 radical (unpaired) electrons. The second-order valence-electron chi connectivity index (χ2n) is 6.14. The standard InChI is InChI=1S/C16H31NO/c1-3-17-15(14-10-9-11-14)16(18-4-2)12-7-5-6-8-13-16/h14-15,17H,3-13H2,1-2H3. The minimum Gasteiger partial charge on any atom is -0.374 e. The Bertz CT molecular complexity index is 229. The van der Waals surface area contributed by atoms with Crippen LogP contribution in [0.15, 0.2) is 0 Å². The van der Waals surface area contributed by atoms with Gasteiger partial charge in [-0.3, -0.25) is 0 Å². The van der Waals surface area contributed by atoms with E-state index in [9.17, 15) is 0 Å². The van der Waals surface area contributed by atoms with E-state index in [1.807, 2.05) is 0 Å². The van der Waals surface area contributed by atoms with Gasteiger partial charge in [0.1, 0.15) is 0 Å². The van der Waals surface area contributed by atoms with Crippen LogP contribution in [0.5, 0.6) is 0 Å². The van der Waals surface area contributed by atoms with Crippen molar-refractivity contribution in [2.75, 3.05) is 13.2 Å². The Morgan fingerprint density at radius 2 is 1.72 bits per heavy atom. The summed E-state index contributed by atoms with van der Waals surface area (Å²) in [5, 5.41) is 3.78. The largest absolute Gasteiger partial charge is 0.374 e. The maximum absolute atomic E-state index is 6.36. The first kappa shape index (κ1) is 14.3. The molecule has 0 aromatic rings. The molecule has 2 aliphatic rings. The lowest BCUT2D eigenvalue weighted by molar-refractivity contribution is -0.0977. The van der Waals surface area contributed by atoms with E-state index in [1.54, 1.807) is 0 Å². The topological polar surface area (TPSA) is 21.3 Å². The molecule has 2 saturated carbocycles. The Hall–Kier alpha value is -0.0800. The van der Waals surface area contributed by atoms with Crippen molar-refractivity contribution in [3.05, 3.63) is 0 Å². The summed E-state index contributed by atoms with van der Waals surface area (Å²) in [5.41, 5.74) is 0.145. The fraction of sp³-hybridized carbons (Fsp3) is 1.00. The molecule has 2 heteroatoms. The predicted molar refractivity (Wildman–Crippen MR) is 76.9 cm³/mol. The van der Waals surface area contributed by atoms with Gasteiger partial charge in [0.25, 0.3) is 0 Å². The van der Waals surface area contributed by atoms with Crippen LogP contribution in [-0.2, 0) is 4.74 Å². The van der Waals surface area contributed by atoms with Gasteiger partial charge in [-0.05, 0) is 45.1 Å². The molecular weight excluding hydrogens is 222 g/mol. The van der Waals surface area contributed by atoms with E-state index >= 15 is 0 Å². The number of ether oxygens (including phenoxy) is 1. The van der Waals surface area contributed by atoms with Crippen molar-refractivity contribution in [3.8, 4) is 0 Å². The third-order valence-corrected chi connectivity index (χ3v) is 4.99. The Kier molecular flexibility index (Phi) is 5.50. The molecule has 1 unspecified atom stereocenters. The lowest BCUT2D eigenvalue weighted by Gasteiger charge is -2.47. The van der Waals surface area contributed by atoms with Gasteiger partial charge in [0, 0.05) is 12.6 Å². The number of likely N-dealkylation sites (N-methyl/N-ethyl adjacent to an activating group) is 1. The molecule has 2 rings (SSSR count). The summed E-state index contributed by atoms with van der Waals surface area (Å²) in [6.45, 7) is 6.35. The maximum Gasteiger partial charge on any atom is 0.0837 e. The van der Waals surface area contributed by atoms with Crippen LogP contribution in [0.1, 0.15) is 71.6 Å². The third kappa shape index (κ3) is 3.08. The van der Waals surface area contributed by atoms with Gasteiger partial charge in [-0.2, -0.15) is 0 Å². The Balaban J connectivity index is 2.12. The maximum atomic E-state index is 6.36. The first-order valence-electron chi connectivity index (χ1n) is 8.19. The van der Waals surface area contributed by atoms with E-state index in [0.29, 0.717) is 6.04 Å². The average molecular weight is 253 g/mol. The van der Waals surface area contributed by atoms with Gasteiger partial charge < -0.3 is 10.1 Å². The minimum absolute atomic E-state index is 0.145. The normalized spacial score (nSPS) is 26.3. The number of hydrogen-bond donors (Lipinski definition) is 1. The van der Waals surface area contributed by atoms with Crippen molar-refractivity contribution < 1.29 is 4.74 Å². The summed E-state index contributed by atoms with van der Waals surface area (Å²) >= 11 is 0. The fourth-order valence-corrected chi connectivity index (χ4v) is 3.93. The predicted octanol–water partition coefficient (Wildman–Crippen LogP) is 3.89. The fourth-order valence-electron chi connectivity index (χ4n) is 3.93. The molecule has 1 atom stereocenters. The van der Waals surface area contributed by atoms with Crippen LogP contribution in [-0.4, -0.2) is 24.8 Å². The molecule has 2 fully saturated rings. The summed E-state index contributed by atoms with van der Waals surface area (Å²) in [6.07, 6.45) is 12.3. The van der Waals surface area contributed by atoms with Crippen LogP contribution in [0.4, 0.5) is 0 Å². The molecule has 0 spiro atoms. The number of hydrogen-bond acceptors (Lipinski definition) is 2. The van der Waals surface area contributed by atoms with Crippen LogP contribution in [0, 0.1) is 5.92 Å². The molecule has 0 aromatic heterocycles. The average Bonchev–Trinajstić information content (AvgIpc) is 2.53. The second kappa shape index (κ2) is 6.91. The molecule has 2 aliphatic carbocycles. The molecule has 0 aromatic carbocycles. The van der Waals surface area contributed by atoms with Crippen LogP contribution in [0.25, 0.3) is 0 Å². The van der Waals surface area contributed by atoms with Crippen molar-refractivity contribution >= 4 is 0 Å². The van der Waals surface area contributed by atoms with Crippen LogP contribution >= 0.6 is 0 Å². The van der Waals surface area contributed by atoms with Gasteiger partial charge in [0.05, 0.1) is 5.60 Å². The van der Waals surface area contributed by atoms with E-state index in [2.05, 4.69) is 19.2 Å². The molecular formula is C16H31NO. The van der Waals surface area contributed by atoms with Crippen molar-refractivity contribution in [1.29, 1.82) is 0 Å². The summed E-state index contributed by atoms with van der Waals surface area (Å²) < 4.78 is 6.36. The van der Waals surface area contributed by atoms with Gasteiger partial charge >= 0.3 is 0 Å². The molecule has 18 heavy (non-hydrogen) atoms. The Morgan fingerprint density at radius 3 is 2.17 bits per heavy atom. The van der Waals surface area contributed by atoms with Crippen molar-refractivity contribution in [1.82, 2.24) is 5.32 Å². The first-order chi connectivity index (χ1) is 8.82. The molecule has 0 saturated heterocycles. The first-order valence-corrected chi connectivity index (χ1v) is 8.19. The highest BCUT2D eigenvalue weighted by molar-refractivity contribution is 5.00. The second-order valence-corrected chi connectivity index (χ2v) is 6.14. The van der Waals surface area contributed by atoms with Gasteiger partial charge in [-0.25, -0.2) is 0 Å². The zero-order valence-electron chi connectivity index (χ0n) is 12.3. The minimum atomic E-state index is 0.145. The smallest absolute Gasteiger partial charge is 0.0837 e. The van der Waals surface area contributed by atoms with Gasteiger partial charge in [-0.15, -0.1) is 0 Å². The highest BCUT2D eigenvalue weighted by atomic mass is 16.5. The van der Waals surface area contributed by atoms with Crippen LogP contribution < -0.4 is 5.32 Å². The molecule has 106 valence electrons. The highest BCUT2D eigenvalue weighted by Crippen LogP contribution is 2.42. The van der Waals surface area contributed by atoms with Gasteiger partial charge in [0.15, 0.2) is 0 Å². The van der Waals surface area contributed by atoms with E-state index in [-0.39, 0.29) is 5.60 Å². The summed E-state index contributed by atoms with van der Waals surface area (Å²) in [5.74, 6) is 0.870. The van der Waals surface area contributed by atoms with E-state index in [4.69, 9.17) is 4.74 Å². The summed E-state index contributed by atoms with van der Waals surface area (Å²) in [7, 11) is 0. The van der Waals surface area contributed by atoms with Crippen molar-refractivity contribution in [2.45, 2.75) is 83.3 Å². The van der Waals surface area contributed by atoms with E-state index in [1.165, 1.54) is 57.8 Å². The number of rotatable bonds is 6. The molecule has 0 aliphatic heterocycles. The monoisotopic (exact) mass is 253 g/mol. The quantitative estimate of drug-likeness (QED) is 0.725. The summed E-state index contributed by atoms with van der Waals surface area (Å²) in [4.78, 5) is 0. The zero-order chi connectivity index (χ0) is 12.8. The van der Waals surface area contributed by atoms with Crippen molar-refractivity contribution in [3.63, 3.8) is 0 Å². The zero-order valence-corrected chi connectivity index (χ0v) is 12.3. The SMILES string of the molecule is CCNC(C1CCC1)C1(OCC)CCCCCC1. The van der Waals surface area contributed by atoms with E-state index < -0.39 is 0 Å². The molecule has 0 bridgehead atoms.